The number of sulfonamides is 1. The van der Waals surface area contributed by atoms with Crippen molar-refractivity contribution < 1.29 is 13.2 Å². The van der Waals surface area contributed by atoms with Crippen LogP contribution in [0.1, 0.15) is 15.9 Å². The Bertz CT molecular complexity index is 773. The second kappa shape index (κ2) is 6.05. The molecule has 2 aromatic carbocycles. The predicted molar refractivity (Wildman–Crippen MR) is 83.3 cm³/mol. The number of hydrogen-bond donors (Lipinski definition) is 0. The molecule has 0 N–H and O–H groups in total. The maximum absolute atomic E-state index is 12.5. The van der Waals surface area contributed by atoms with Gasteiger partial charge in [-0.05, 0) is 54.4 Å². The first-order valence-corrected chi connectivity index (χ1v) is 8.06. The van der Waals surface area contributed by atoms with Gasteiger partial charge in [-0.2, -0.15) is 12.2 Å². The maximum Gasteiger partial charge on any atom is 0.278 e. The molecule has 0 heterocycles. The third-order valence-corrected chi connectivity index (χ3v) is 5.49. The van der Waals surface area contributed by atoms with Crippen LogP contribution in [0.4, 0.5) is 5.69 Å². The van der Waals surface area contributed by atoms with Gasteiger partial charge in [-0.25, -0.2) is 0 Å². The molecule has 0 bridgehead atoms. The molecule has 110 valence electrons. The van der Waals surface area contributed by atoms with Gasteiger partial charge in [0.25, 0.3) is 15.3 Å². The Kier molecular flexibility index (Phi) is 4.56. The van der Waals surface area contributed by atoms with Crippen molar-refractivity contribution in [2.45, 2.75) is 11.8 Å². The Hall–Kier alpha value is -1.56. The SMILES string of the molecule is Cc1ccccc1S(=O)(=O)N(Cl)c1ccc(C(=O)Cl)cc1. The van der Waals surface area contributed by atoms with Gasteiger partial charge in [0.15, 0.2) is 0 Å². The molecule has 0 aliphatic heterocycles. The van der Waals surface area contributed by atoms with Gasteiger partial charge in [0.2, 0.25) is 0 Å². The molecule has 21 heavy (non-hydrogen) atoms. The highest BCUT2D eigenvalue weighted by Gasteiger charge is 2.25. The first-order chi connectivity index (χ1) is 9.84. The zero-order chi connectivity index (χ0) is 15.6. The van der Waals surface area contributed by atoms with Gasteiger partial charge in [0.05, 0.1) is 10.6 Å². The second-order valence-corrected chi connectivity index (χ2v) is 6.94. The lowest BCUT2D eigenvalue weighted by atomic mass is 10.2. The Morgan fingerprint density at radius 3 is 2.14 bits per heavy atom. The molecule has 0 aliphatic rings. The molecule has 0 radical (unpaired) electrons. The van der Waals surface area contributed by atoms with Crippen LogP contribution in [0.25, 0.3) is 0 Å². The maximum atomic E-state index is 12.5. The van der Waals surface area contributed by atoms with Crippen LogP contribution in [0.5, 0.6) is 0 Å². The van der Waals surface area contributed by atoms with Crippen molar-refractivity contribution in [2.75, 3.05) is 3.82 Å². The summed E-state index contributed by atoms with van der Waals surface area (Å²) in [5, 5.41) is -0.621. The Morgan fingerprint density at radius 1 is 1.05 bits per heavy atom. The fourth-order valence-corrected chi connectivity index (χ4v) is 3.54. The van der Waals surface area contributed by atoms with Crippen molar-refractivity contribution >= 4 is 44.3 Å². The third-order valence-electron chi connectivity index (χ3n) is 2.88. The number of carbonyl (C=O) groups excluding carboxylic acids is 1. The Balaban J connectivity index is 2.41. The molecule has 0 spiro atoms. The molecule has 0 fully saturated rings. The van der Waals surface area contributed by atoms with E-state index >= 15 is 0 Å². The van der Waals surface area contributed by atoms with E-state index in [1.54, 1.807) is 25.1 Å². The monoisotopic (exact) mass is 343 g/mol. The summed E-state index contributed by atoms with van der Waals surface area (Å²) >= 11 is 11.3. The van der Waals surface area contributed by atoms with Crippen LogP contribution in [-0.4, -0.2) is 13.7 Å². The largest absolute Gasteiger partial charge is 0.278 e. The summed E-state index contributed by atoms with van der Waals surface area (Å²) < 4.78 is 25.6. The Morgan fingerprint density at radius 2 is 1.62 bits per heavy atom. The van der Waals surface area contributed by atoms with Gasteiger partial charge in [0, 0.05) is 17.3 Å². The molecule has 0 atom stereocenters. The first-order valence-electron chi connectivity index (χ1n) is 5.90. The van der Waals surface area contributed by atoms with Crippen molar-refractivity contribution in [3.05, 3.63) is 59.7 Å². The molecular formula is C14H11Cl2NO3S. The van der Waals surface area contributed by atoms with Gasteiger partial charge in [-0.1, -0.05) is 18.2 Å². The molecule has 0 saturated carbocycles. The summed E-state index contributed by atoms with van der Waals surface area (Å²) in [5.41, 5.74) is 1.08. The Labute approximate surface area is 133 Å². The minimum atomic E-state index is -3.87. The summed E-state index contributed by atoms with van der Waals surface area (Å²) in [7, 11) is -3.87. The highest BCUT2D eigenvalue weighted by molar-refractivity contribution is 7.94. The summed E-state index contributed by atoms with van der Waals surface area (Å²) in [4.78, 5) is 11.1. The van der Waals surface area contributed by atoms with Crippen LogP contribution in [-0.2, 0) is 10.0 Å². The van der Waals surface area contributed by atoms with E-state index in [9.17, 15) is 13.2 Å². The second-order valence-electron chi connectivity index (χ2n) is 4.31. The van der Waals surface area contributed by atoms with E-state index in [-0.39, 0.29) is 16.1 Å². The van der Waals surface area contributed by atoms with Crippen LogP contribution in [0.15, 0.2) is 53.4 Å². The lowest BCUT2D eigenvalue weighted by Gasteiger charge is -2.17. The molecular weight excluding hydrogens is 333 g/mol. The van der Waals surface area contributed by atoms with E-state index < -0.39 is 15.3 Å². The van der Waals surface area contributed by atoms with E-state index in [4.69, 9.17) is 23.4 Å². The van der Waals surface area contributed by atoms with E-state index in [0.29, 0.717) is 9.39 Å². The molecule has 0 aliphatic carbocycles. The summed E-state index contributed by atoms with van der Waals surface area (Å²) in [6.07, 6.45) is 0. The van der Waals surface area contributed by atoms with E-state index in [1.165, 1.54) is 30.3 Å². The average molecular weight is 344 g/mol. The van der Waals surface area contributed by atoms with Gasteiger partial charge >= 0.3 is 0 Å². The van der Waals surface area contributed by atoms with E-state index in [2.05, 4.69) is 0 Å². The zero-order valence-corrected chi connectivity index (χ0v) is 13.3. The van der Waals surface area contributed by atoms with Crippen LogP contribution in [0.3, 0.4) is 0 Å². The topological polar surface area (TPSA) is 54.5 Å². The fraction of sp³-hybridized carbons (Fsp3) is 0.0714. The highest BCUT2D eigenvalue weighted by Crippen LogP contribution is 2.27. The normalized spacial score (nSPS) is 11.2. The van der Waals surface area contributed by atoms with Crippen LogP contribution < -0.4 is 3.82 Å². The van der Waals surface area contributed by atoms with Crippen molar-refractivity contribution in [2.24, 2.45) is 0 Å². The van der Waals surface area contributed by atoms with Gasteiger partial charge in [-0.15, -0.1) is 0 Å². The quantitative estimate of drug-likeness (QED) is 0.627. The molecule has 0 unspecified atom stereocenters. The summed E-state index contributed by atoms with van der Waals surface area (Å²) in [6, 6.07) is 12.2. The standard InChI is InChI=1S/C14H11Cl2NO3S/c1-10-4-2-3-5-13(10)21(19,20)17(16)12-8-6-11(7-9-12)14(15)18/h2-9H,1H3. The van der Waals surface area contributed by atoms with Gasteiger partial charge in [-0.3, -0.25) is 4.79 Å². The fourth-order valence-electron chi connectivity index (χ4n) is 1.78. The summed E-state index contributed by atoms with van der Waals surface area (Å²) in [6.45, 7) is 1.69. The number of rotatable bonds is 4. The van der Waals surface area contributed by atoms with E-state index in [0.717, 1.165) is 0 Å². The molecule has 2 rings (SSSR count). The minimum absolute atomic E-state index is 0.123. The van der Waals surface area contributed by atoms with Crippen molar-refractivity contribution in [1.29, 1.82) is 0 Å². The smallest absolute Gasteiger partial charge is 0.276 e. The van der Waals surface area contributed by atoms with Gasteiger partial charge < -0.3 is 0 Å². The molecule has 0 saturated heterocycles. The predicted octanol–water partition coefficient (Wildman–Crippen LogP) is 3.72. The van der Waals surface area contributed by atoms with Crippen LogP contribution in [0.2, 0.25) is 0 Å². The van der Waals surface area contributed by atoms with Crippen molar-refractivity contribution in [3.63, 3.8) is 0 Å². The number of benzene rings is 2. The van der Waals surface area contributed by atoms with E-state index in [1.807, 2.05) is 0 Å². The molecule has 0 aromatic heterocycles. The number of nitrogens with zero attached hydrogens (tertiary/aromatic N) is 1. The molecule has 0 amide bonds. The van der Waals surface area contributed by atoms with Crippen molar-refractivity contribution in [1.82, 2.24) is 0 Å². The molecule has 7 heteroatoms. The number of aryl methyl sites for hydroxylation is 1. The highest BCUT2D eigenvalue weighted by atomic mass is 35.5. The van der Waals surface area contributed by atoms with Crippen LogP contribution >= 0.6 is 23.4 Å². The average Bonchev–Trinajstić information content (AvgIpc) is 2.46. The zero-order valence-electron chi connectivity index (χ0n) is 11.0. The number of anilines is 1. The minimum Gasteiger partial charge on any atom is -0.276 e. The lowest BCUT2D eigenvalue weighted by Crippen LogP contribution is -2.22. The first kappa shape index (κ1) is 15.8. The number of halogens is 2. The van der Waals surface area contributed by atoms with Crippen LogP contribution in [0, 0.1) is 6.92 Å². The molecule has 4 nitrogen and oxygen atoms in total. The van der Waals surface area contributed by atoms with Gasteiger partial charge in [0.1, 0.15) is 0 Å². The number of carbonyl (C=O) groups is 1. The third kappa shape index (κ3) is 3.20. The lowest BCUT2D eigenvalue weighted by molar-refractivity contribution is 0.108. The van der Waals surface area contributed by atoms with Crippen molar-refractivity contribution in [3.8, 4) is 0 Å². The number of hydrogen-bond acceptors (Lipinski definition) is 3. The summed E-state index contributed by atoms with van der Waals surface area (Å²) in [5.74, 6) is 0. The molecule has 2 aromatic rings.